The van der Waals surface area contributed by atoms with Gasteiger partial charge in [0.2, 0.25) is 0 Å². The van der Waals surface area contributed by atoms with Gasteiger partial charge in [0.05, 0.1) is 0 Å². The van der Waals surface area contributed by atoms with E-state index in [4.69, 9.17) is 11.6 Å². The number of halogens is 1. The highest BCUT2D eigenvalue weighted by atomic mass is 35.5. The van der Waals surface area contributed by atoms with E-state index >= 15 is 0 Å². The molecule has 1 heterocycles. The number of thiophene rings is 1. The molecule has 17 heavy (non-hydrogen) atoms. The van der Waals surface area contributed by atoms with Crippen LogP contribution in [0.4, 0.5) is 0 Å². The monoisotopic (exact) mass is 265 g/mol. The fraction of sp³-hybridized carbons (Fsp3) is 0.286. The summed E-state index contributed by atoms with van der Waals surface area (Å²) in [5.41, 5.74) is 2.56. The van der Waals surface area contributed by atoms with Crippen LogP contribution in [0.1, 0.15) is 37.1 Å². The van der Waals surface area contributed by atoms with Gasteiger partial charge in [-0.1, -0.05) is 23.7 Å². The molecule has 2 rings (SSSR count). The van der Waals surface area contributed by atoms with Crippen molar-refractivity contribution in [2.45, 2.75) is 25.9 Å². The Morgan fingerprint density at radius 3 is 2.53 bits per heavy atom. The number of nitrogens with one attached hydrogen (secondary N) is 1. The van der Waals surface area contributed by atoms with Crippen molar-refractivity contribution in [3.05, 3.63) is 57.2 Å². The summed E-state index contributed by atoms with van der Waals surface area (Å²) in [7, 11) is 0. The zero-order valence-corrected chi connectivity index (χ0v) is 11.6. The van der Waals surface area contributed by atoms with Crippen LogP contribution < -0.4 is 5.32 Å². The van der Waals surface area contributed by atoms with Crippen molar-refractivity contribution in [1.82, 2.24) is 5.32 Å². The third-order valence-electron chi connectivity index (χ3n) is 2.89. The van der Waals surface area contributed by atoms with Crippen molar-refractivity contribution < 1.29 is 0 Å². The number of benzene rings is 1. The molecule has 0 aliphatic heterocycles. The first-order valence-corrected chi connectivity index (χ1v) is 7.02. The molecule has 90 valence electrons. The second-order valence-electron chi connectivity index (χ2n) is 4.22. The minimum Gasteiger partial charge on any atom is -0.304 e. The fourth-order valence-corrected chi connectivity index (χ4v) is 2.82. The zero-order valence-electron chi connectivity index (χ0n) is 9.98. The van der Waals surface area contributed by atoms with Gasteiger partial charge in [0.15, 0.2) is 0 Å². The molecule has 0 aliphatic rings. The molecule has 0 fully saturated rings. The van der Waals surface area contributed by atoms with Gasteiger partial charge < -0.3 is 5.32 Å². The maximum absolute atomic E-state index is 6.00. The second kappa shape index (κ2) is 5.67. The van der Waals surface area contributed by atoms with Crippen LogP contribution in [0.25, 0.3) is 0 Å². The Balaban J connectivity index is 2.04. The van der Waals surface area contributed by atoms with Crippen LogP contribution in [-0.2, 0) is 0 Å². The largest absolute Gasteiger partial charge is 0.304 e. The SMILES string of the molecule is CC(N[C@@H](C)c1cccc(Cl)c1)c1ccsc1. The molecule has 0 saturated carbocycles. The molecule has 2 aromatic rings. The highest BCUT2D eigenvalue weighted by Crippen LogP contribution is 2.22. The Labute approximate surface area is 111 Å². The van der Waals surface area contributed by atoms with Gasteiger partial charge in [-0.3, -0.25) is 0 Å². The summed E-state index contributed by atoms with van der Waals surface area (Å²) in [6.45, 7) is 4.34. The molecule has 1 unspecified atom stereocenters. The van der Waals surface area contributed by atoms with Gasteiger partial charge in [-0.2, -0.15) is 11.3 Å². The molecule has 3 heteroatoms. The Morgan fingerprint density at radius 1 is 1.12 bits per heavy atom. The van der Waals surface area contributed by atoms with Crippen molar-refractivity contribution in [3.8, 4) is 0 Å². The second-order valence-corrected chi connectivity index (χ2v) is 5.44. The minimum absolute atomic E-state index is 0.295. The average molecular weight is 266 g/mol. The van der Waals surface area contributed by atoms with Crippen molar-refractivity contribution in [2.24, 2.45) is 0 Å². The van der Waals surface area contributed by atoms with E-state index in [9.17, 15) is 0 Å². The van der Waals surface area contributed by atoms with E-state index < -0.39 is 0 Å². The van der Waals surface area contributed by atoms with Gasteiger partial charge in [-0.15, -0.1) is 0 Å². The molecule has 1 aromatic heterocycles. The molecule has 0 aliphatic carbocycles. The summed E-state index contributed by atoms with van der Waals surface area (Å²) >= 11 is 7.73. The molecule has 0 saturated heterocycles. The summed E-state index contributed by atoms with van der Waals surface area (Å²) in [6.07, 6.45) is 0. The van der Waals surface area contributed by atoms with Gasteiger partial charge in [-0.25, -0.2) is 0 Å². The fourth-order valence-electron chi connectivity index (χ4n) is 1.86. The molecule has 0 radical (unpaired) electrons. The molecular formula is C14H16ClNS. The van der Waals surface area contributed by atoms with Crippen LogP contribution >= 0.6 is 22.9 Å². The van der Waals surface area contributed by atoms with Gasteiger partial charge in [0.1, 0.15) is 0 Å². The molecular weight excluding hydrogens is 250 g/mol. The Hall–Kier alpha value is -0.830. The van der Waals surface area contributed by atoms with Gasteiger partial charge >= 0.3 is 0 Å². The van der Waals surface area contributed by atoms with Crippen LogP contribution in [0.3, 0.4) is 0 Å². The van der Waals surface area contributed by atoms with Crippen molar-refractivity contribution >= 4 is 22.9 Å². The number of hydrogen-bond acceptors (Lipinski definition) is 2. The Bertz CT molecular complexity index is 467. The zero-order chi connectivity index (χ0) is 12.3. The first-order valence-electron chi connectivity index (χ1n) is 5.70. The third kappa shape index (κ3) is 3.32. The number of rotatable bonds is 4. The molecule has 1 aromatic carbocycles. The smallest absolute Gasteiger partial charge is 0.0409 e. The van der Waals surface area contributed by atoms with E-state index in [0.717, 1.165) is 5.02 Å². The summed E-state index contributed by atoms with van der Waals surface area (Å²) in [4.78, 5) is 0. The average Bonchev–Trinajstić information content (AvgIpc) is 2.82. The van der Waals surface area contributed by atoms with E-state index in [1.165, 1.54) is 11.1 Å². The summed E-state index contributed by atoms with van der Waals surface area (Å²) in [5, 5.41) is 8.66. The van der Waals surface area contributed by atoms with Gasteiger partial charge in [0, 0.05) is 17.1 Å². The highest BCUT2D eigenvalue weighted by Gasteiger charge is 2.11. The topological polar surface area (TPSA) is 12.0 Å². The standard InChI is InChI=1S/C14H16ClNS/c1-10(12-4-3-5-14(15)8-12)16-11(2)13-6-7-17-9-13/h3-11,16H,1-2H3/t10-,11?/m0/s1. The third-order valence-corrected chi connectivity index (χ3v) is 3.83. The van der Waals surface area contributed by atoms with E-state index in [2.05, 4.69) is 42.1 Å². The van der Waals surface area contributed by atoms with Crippen LogP contribution in [-0.4, -0.2) is 0 Å². The number of hydrogen-bond donors (Lipinski definition) is 1. The predicted molar refractivity (Wildman–Crippen MR) is 75.7 cm³/mol. The summed E-state index contributed by atoms with van der Waals surface area (Å²) in [6, 6.07) is 10.8. The van der Waals surface area contributed by atoms with E-state index in [-0.39, 0.29) is 0 Å². The van der Waals surface area contributed by atoms with Crippen LogP contribution in [0.5, 0.6) is 0 Å². The first-order chi connectivity index (χ1) is 8.16. The van der Waals surface area contributed by atoms with Crippen molar-refractivity contribution in [3.63, 3.8) is 0 Å². The molecule has 2 atom stereocenters. The molecule has 0 amide bonds. The van der Waals surface area contributed by atoms with Gasteiger partial charge in [0.25, 0.3) is 0 Å². The summed E-state index contributed by atoms with van der Waals surface area (Å²) in [5.74, 6) is 0. The van der Waals surface area contributed by atoms with E-state index in [0.29, 0.717) is 12.1 Å². The maximum atomic E-state index is 6.00. The van der Waals surface area contributed by atoms with Crippen LogP contribution in [0.15, 0.2) is 41.1 Å². The van der Waals surface area contributed by atoms with Crippen LogP contribution in [0.2, 0.25) is 5.02 Å². The molecule has 0 spiro atoms. The lowest BCUT2D eigenvalue weighted by Crippen LogP contribution is -2.22. The highest BCUT2D eigenvalue weighted by molar-refractivity contribution is 7.07. The lowest BCUT2D eigenvalue weighted by atomic mass is 10.1. The Morgan fingerprint density at radius 2 is 1.88 bits per heavy atom. The molecule has 0 bridgehead atoms. The predicted octanol–water partition coefficient (Wildman–Crippen LogP) is 4.81. The lowest BCUT2D eigenvalue weighted by Gasteiger charge is -2.20. The van der Waals surface area contributed by atoms with Crippen LogP contribution in [0, 0.1) is 0 Å². The Kier molecular flexibility index (Phi) is 4.21. The molecule has 1 nitrogen and oxygen atoms in total. The normalized spacial score (nSPS) is 14.5. The molecule has 1 N–H and O–H groups in total. The summed E-state index contributed by atoms with van der Waals surface area (Å²) < 4.78 is 0. The van der Waals surface area contributed by atoms with E-state index in [1.54, 1.807) is 11.3 Å². The minimum atomic E-state index is 0.295. The van der Waals surface area contributed by atoms with Crippen molar-refractivity contribution in [1.29, 1.82) is 0 Å². The van der Waals surface area contributed by atoms with Gasteiger partial charge in [-0.05, 0) is 53.9 Å². The van der Waals surface area contributed by atoms with Crippen molar-refractivity contribution in [2.75, 3.05) is 0 Å². The lowest BCUT2D eigenvalue weighted by molar-refractivity contribution is 0.495. The maximum Gasteiger partial charge on any atom is 0.0409 e. The first kappa shape index (κ1) is 12.6. The van der Waals surface area contributed by atoms with E-state index in [1.807, 2.05) is 18.2 Å². The quantitative estimate of drug-likeness (QED) is 0.836.